The van der Waals surface area contributed by atoms with E-state index in [0.717, 1.165) is 5.56 Å². The summed E-state index contributed by atoms with van der Waals surface area (Å²) < 4.78 is 12.0. The molecule has 3 rings (SSSR count). The number of para-hydroxylation sites is 1. The van der Waals surface area contributed by atoms with E-state index in [1.54, 1.807) is 57.2 Å². The average molecular weight is 453 g/mol. The lowest BCUT2D eigenvalue weighted by Crippen LogP contribution is -2.42. The van der Waals surface area contributed by atoms with Crippen molar-refractivity contribution in [1.82, 2.24) is 15.1 Å². The van der Waals surface area contributed by atoms with Crippen LogP contribution in [0.2, 0.25) is 0 Å². The number of nitrogens with zero attached hydrogens (tertiary/aromatic N) is 2. The molecule has 0 unspecified atom stereocenters. The minimum absolute atomic E-state index is 0.0203. The first-order chi connectivity index (χ1) is 15.6. The van der Waals surface area contributed by atoms with Crippen molar-refractivity contribution in [3.05, 3.63) is 65.9 Å². The number of carbonyl (C=O) groups excluding carboxylic acids is 2. The van der Waals surface area contributed by atoms with E-state index < -0.39 is 29.7 Å². The van der Waals surface area contributed by atoms with Gasteiger partial charge >= 0.3 is 18.0 Å². The SMILES string of the molecule is CC(C)(C)OC(=O)Cn1nc(C[C@H](NC(=O)OCc2ccccc2)C(=O)O)c2ccccc21. The number of aromatic nitrogens is 2. The van der Waals surface area contributed by atoms with E-state index >= 15 is 0 Å². The summed E-state index contributed by atoms with van der Waals surface area (Å²) in [7, 11) is 0. The minimum Gasteiger partial charge on any atom is -0.480 e. The molecule has 174 valence electrons. The van der Waals surface area contributed by atoms with Crippen LogP contribution >= 0.6 is 0 Å². The maximum atomic E-state index is 12.3. The fourth-order valence-corrected chi connectivity index (χ4v) is 3.26. The molecular formula is C24H27N3O6. The van der Waals surface area contributed by atoms with Gasteiger partial charge in [0.1, 0.15) is 24.8 Å². The predicted octanol–water partition coefficient (Wildman–Crippen LogP) is 3.30. The molecule has 2 aromatic carbocycles. The molecule has 3 aromatic rings. The van der Waals surface area contributed by atoms with Crippen molar-refractivity contribution < 1.29 is 29.0 Å². The molecule has 0 radical (unpaired) electrons. The Morgan fingerprint density at radius 3 is 2.39 bits per heavy atom. The Balaban J connectivity index is 1.73. The van der Waals surface area contributed by atoms with Gasteiger partial charge < -0.3 is 19.9 Å². The molecule has 1 aromatic heterocycles. The first kappa shape index (κ1) is 23.8. The van der Waals surface area contributed by atoms with E-state index in [2.05, 4.69) is 10.4 Å². The Kier molecular flexibility index (Phi) is 7.32. The molecule has 9 nitrogen and oxygen atoms in total. The van der Waals surface area contributed by atoms with Crippen molar-refractivity contribution in [2.24, 2.45) is 0 Å². The van der Waals surface area contributed by atoms with Crippen LogP contribution in [0.15, 0.2) is 54.6 Å². The second kappa shape index (κ2) is 10.2. The molecule has 0 aliphatic heterocycles. The summed E-state index contributed by atoms with van der Waals surface area (Å²) >= 11 is 0. The van der Waals surface area contributed by atoms with Gasteiger partial charge in [-0.25, -0.2) is 9.59 Å². The van der Waals surface area contributed by atoms with Crippen LogP contribution in [0.4, 0.5) is 4.79 Å². The molecule has 0 spiro atoms. The first-order valence-electron chi connectivity index (χ1n) is 10.5. The standard InChI is InChI=1S/C24H27N3O6/c1-24(2,3)33-21(28)14-27-20-12-8-7-11-17(20)18(26-27)13-19(22(29)30)25-23(31)32-15-16-9-5-4-6-10-16/h4-12,19H,13-15H2,1-3H3,(H,25,31)(H,29,30)/t19-/m0/s1. The van der Waals surface area contributed by atoms with Crippen molar-refractivity contribution >= 4 is 28.9 Å². The van der Waals surface area contributed by atoms with Crippen LogP contribution in [0.25, 0.3) is 10.9 Å². The summed E-state index contributed by atoms with van der Waals surface area (Å²) in [6.45, 7) is 5.22. The van der Waals surface area contributed by atoms with E-state index in [0.29, 0.717) is 16.6 Å². The monoisotopic (exact) mass is 453 g/mol. The van der Waals surface area contributed by atoms with Gasteiger partial charge in [0, 0.05) is 11.8 Å². The number of benzene rings is 2. The van der Waals surface area contributed by atoms with Crippen LogP contribution in [0.3, 0.4) is 0 Å². The van der Waals surface area contributed by atoms with Gasteiger partial charge in [-0.05, 0) is 32.4 Å². The molecule has 0 saturated heterocycles. The number of amides is 1. The zero-order valence-electron chi connectivity index (χ0n) is 18.8. The third-order valence-corrected chi connectivity index (χ3v) is 4.63. The number of carbonyl (C=O) groups is 3. The third-order valence-electron chi connectivity index (χ3n) is 4.63. The zero-order valence-corrected chi connectivity index (χ0v) is 18.8. The minimum atomic E-state index is -1.26. The Morgan fingerprint density at radius 1 is 1.06 bits per heavy atom. The number of nitrogens with one attached hydrogen (secondary N) is 1. The smallest absolute Gasteiger partial charge is 0.408 e. The van der Waals surface area contributed by atoms with Crippen LogP contribution in [-0.2, 0) is 38.6 Å². The number of carboxylic acids is 1. The predicted molar refractivity (Wildman–Crippen MR) is 120 cm³/mol. The summed E-state index contributed by atoms with van der Waals surface area (Å²) in [5.41, 5.74) is 1.24. The molecule has 0 aliphatic carbocycles. The Hall–Kier alpha value is -3.88. The Morgan fingerprint density at radius 2 is 1.73 bits per heavy atom. The number of alkyl carbamates (subject to hydrolysis) is 1. The van der Waals surface area contributed by atoms with Crippen LogP contribution in [0, 0.1) is 0 Å². The summed E-state index contributed by atoms with van der Waals surface area (Å²) in [6.07, 6.45) is -0.929. The van der Waals surface area contributed by atoms with Crippen molar-refractivity contribution in [3.63, 3.8) is 0 Å². The highest BCUT2D eigenvalue weighted by Crippen LogP contribution is 2.20. The number of fused-ring (bicyclic) bond motifs is 1. The summed E-state index contributed by atoms with van der Waals surface area (Å²) in [4.78, 5) is 36.3. The number of ether oxygens (including phenoxy) is 2. The Labute approximate surface area is 191 Å². The second-order valence-electron chi connectivity index (χ2n) is 8.51. The lowest BCUT2D eigenvalue weighted by atomic mass is 10.1. The maximum Gasteiger partial charge on any atom is 0.408 e. The molecule has 1 amide bonds. The average Bonchev–Trinajstić information content (AvgIpc) is 3.08. The van der Waals surface area contributed by atoms with Gasteiger partial charge in [-0.3, -0.25) is 9.48 Å². The Bertz CT molecular complexity index is 1130. The van der Waals surface area contributed by atoms with E-state index in [-0.39, 0.29) is 19.6 Å². The summed E-state index contributed by atoms with van der Waals surface area (Å²) in [5, 5.41) is 17.2. The number of hydrogen-bond donors (Lipinski definition) is 2. The van der Waals surface area contributed by atoms with Gasteiger partial charge in [0.15, 0.2) is 0 Å². The highest BCUT2D eigenvalue weighted by Gasteiger charge is 2.25. The van der Waals surface area contributed by atoms with E-state index in [1.807, 2.05) is 18.2 Å². The van der Waals surface area contributed by atoms with Crippen LogP contribution in [0.1, 0.15) is 32.0 Å². The summed E-state index contributed by atoms with van der Waals surface area (Å²) in [5.74, 6) is -1.68. The zero-order chi connectivity index (χ0) is 24.0. The second-order valence-corrected chi connectivity index (χ2v) is 8.51. The molecule has 0 aliphatic rings. The van der Waals surface area contributed by atoms with Crippen LogP contribution in [-0.4, -0.2) is 44.6 Å². The van der Waals surface area contributed by atoms with Crippen molar-refractivity contribution in [2.45, 2.75) is 52.0 Å². The molecule has 1 heterocycles. The normalized spacial score (nSPS) is 12.2. The molecule has 1 atom stereocenters. The van der Waals surface area contributed by atoms with Gasteiger partial charge in [0.2, 0.25) is 0 Å². The van der Waals surface area contributed by atoms with Crippen molar-refractivity contribution in [3.8, 4) is 0 Å². The fraction of sp³-hybridized carbons (Fsp3) is 0.333. The van der Waals surface area contributed by atoms with Gasteiger partial charge in [0.05, 0.1) is 11.2 Å². The van der Waals surface area contributed by atoms with E-state index in [1.165, 1.54) is 4.68 Å². The molecule has 0 bridgehead atoms. The molecular weight excluding hydrogens is 426 g/mol. The molecule has 0 saturated carbocycles. The highest BCUT2D eigenvalue weighted by atomic mass is 16.6. The number of esters is 1. The number of aliphatic carboxylic acids is 1. The maximum absolute atomic E-state index is 12.3. The third kappa shape index (κ3) is 6.80. The fourth-order valence-electron chi connectivity index (χ4n) is 3.26. The van der Waals surface area contributed by atoms with Crippen LogP contribution < -0.4 is 5.32 Å². The highest BCUT2D eigenvalue weighted by molar-refractivity contribution is 5.85. The first-order valence-corrected chi connectivity index (χ1v) is 10.5. The summed E-state index contributed by atoms with van der Waals surface area (Å²) in [6, 6.07) is 15.0. The quantitative estimate of drug-likeness (QED) is 0.502. The number of hydrogen-bond acceptors (Lipinski definition) is 6. The lowest BCUT2D eigenvalue weighted by molar-refractivity contribution is -0.155. The van der Waals surface area contributed by atoms with Crippen LogP contribution in [0.5, 0.6) is 0 Å². The molecule has 0 fully saturated rings. The van der Waals surface area contributed by atoms with Gasteiger partial charge in [-0.15, -0.1) is 0 Å². The lowest BCUT2D eigenvalue weighted by Gasteiger charge is -2.19. The van der Waals surface area contributed by atoms with Crippen molar-refractivity contribution in [1.29, 1.82) is 0 Å². The van der Waals surface area contributed by atoms with Crippen molar-refractivity contribution in [2.75, 3.05) is 0 Å². The van der Waals surface area contributed by atoms with Gasteiger partial charge in [-0.2, -0.15) is 5.10 Å². The molecule has 9 heteroatoms. The largest absolute Gasteiger partial charge is 0.480 e. The molecule has 2 N–H and O–H groups in total. The van der Waals surface area contributed by atoms with E-state index in [9.17, 15) is 19.5 Å². The number of carboxylic acid groups (broad SMARTS) is 1. The number of rotatable bonds is 8. The topological polar surface area (TPSA) is 120 Å². The molecule has 33 heavy (non-hydrogen) atoms. The van der Waals surface area contributed by atoms with E-state index in [4.69, 9.17) is 9.47 Å². The van der Waals surface area contributed by atoms with Gasteiger partial charge in [-0.1, -0.05) is 48.5 Å². The van der Waals surface area contributed by atoms with Gasteiger partial charge in [0.25, 0.3) is 0 Å².